The maximum Gasteiger partial charge on any atom is -0.0171 e. The molecule has 4 atom stereocenters. The first-order chi connectivity index (χ1) is 6.47. The minimum Gasteiger partial charge on any atom is -0.0882 e. The van der Waals surface area contributed by atoms with E-state index in [1.54, 1.807) is 6.42 Å². The Morgan fingerprint density at radius 3 is 2.46 bits per heavy atom. The molecular formula is C13H20. The first-order valence-corrected chi connectivity index (χ1v) is 6.13. The normalized spacial score (nSPS) is 48.6. The fourth-order valence-corrected chi connectivity index (χ4v) is 4.07. The molecule has 0 aromatic rings. The van der Waals surface area contributed by atoms with Gasteiger partial charge in [-0.1, -0.05) is 31.4 Å². The molecule has 0 nitrogen and oxygen atoms in total. The third kappa shape index (κ3) is 1.18. The van der Waals surface area contributed by atoms with Gasteiger partial charge < -0.3 is 0 Å². The highest BCUT2D eigenvalue weighted by Gasteiger charge is 2.48. The van der Waals surface area contributed by atoms with Crippen LogP contribution in [0, 0.1) is 23.7 Å². The van der Waals surface area contributed by atoms with Crippen LogP contribution in [0.4, 0.5) is 0 Å². The molecule has 0 radical (unpaired) electrons. The van der Waals surface area contributed by atoms with E-state index in [1.165, 1.54) is 38.5 Å². The SMILES string of the molecule is C1=C[C@@H]2[C@@H]3CCCCCC3[C@@H]2CC1. The molecule has 0 bridgehead atoms. The van der Waals surface area contributed by atoms with Crippen LogP contribution in [0.1, 0.15) is 44.9 Å². The highest BCUT2D eigenvalue weighted by atomic mass is 14.5. The lowest BCUT2D eigenvalue weighted by Gasteiger charge is -2.52. The van der Waals surface area contributed by atoms with E-state index in [0.717, 1.165) is 23.7 Å². The average Bonchev–Trinajstić information content (AvgIpc) is 2.37. The minimum absolute atomic E-state index is 1.01. The van der Waals surface area contributed by atoms with E-state index in [2.05, 4.69) is 12.2 Å². The molecule has 0 saturated heterocycles. The summed E-state index contributed by atoms with van der Waals surface area (Å²) in [5, 5.41) is 0. The third-order valence-corrected chi connectivity index (χ3v) is 4.69. The van der Waals surface area contributed by atoms with Gasteiger partial charge >= 0.3 is 0 Å². The smallest absolute Gasteiger partial charge is 0.0171 e. The van der Waals surface area contributed by atoms with Crippen molar-refractivity contribution in [3.8, 4) is 0 Å². The van der Waals surface area contributed by atoms with Gasteiger partial charge in [-0.15, -0.1) is 0 Å². The van der Waals surface area contributed by atoms with Gasteiger partial charge in [-0.2, -0.15) is 0 Å². The zero-order valence-electron chi connectivity index (χ0n) is 8.41. The number of rotatable bonds is 0. The molecule has 72 valence electrons. The predicted octanol–water partition coefficient (Wildman–Crippen LogP) is 3.78. The number of fused-ring (bicyclic) bond motifs is 4. The molecule has 3 aliphatic carbocycles. The second-order valence-electron chi connectivity index (χ2n) is 5.21. The molecule has 3 aliphatic rings. The molecule has 3 rings (SSSR count). The summed E-state index contributed by atoms with van der Waals surface area (Å²) in [6, 6.07) is 0. The van der Waals surface area contributed by atoms with Crippen LogP contribution in [0.25, 0.3) is 0 Å². The van der Waals surface area contributed by atoms with Crippen LogP contribution in [0.3, 0.4) is 0 Å². The van der Waals surface area contributed by atoms with Crippen LogP contribution in [0.15, 0.2) is 12.2 Å². The topological polar surface area (TPSA) is 0 Å². The third-order valence-electron chi connectivity index (χ3n) is 4.69. The van der Waals surface area contributed by atoms with Gasteiger partial charge in [0, 0.05) is 0 Å². The fraction of sp³-hybridized carbons (Fsp3) is 0.846. The molecule has 0 aliphatic heterocycles. The van der Waals surface area contributed by atoms with Crippen LogP contribution in [0.5, 0.6) is 0 Å². The molecule has 0 heteroatoms. The largest absolute Gasteiger partial charge is 0.0882 e. The van der Waals surface area contributed by atoms with Crippen LogP contribution >= 0.6 is 0 Å². The molecule has 0 amide bonds. The van der Waals surface area contributed by atoms with Crippen molar-refractivity contribution in [1.29, 1.82) is 0 Å². The van der Waals surface area contributed by atoms with Crippen molar-refractivity contribution in [2.75, 3.05) is 0 Å². The van der Waals surface area contributed by atoms with Crippen molar-refractivity contribution in [1.82, 2.24) is 0 Å². The van der Waals surface area contributed by atoms with Gasteiger partial charge in [0.25, 0.3) is 0 Å². The Bertz CT molecular complexity index is 216. The van der Waals surface area contributed by atoms with Gasteiger partial charge in [-0.3, -0.25) is 0 Å². The van der Waals surface area contributed by atoms with Crippen LogP contribution in [-0.4, -0.2) is 0 Å². The van der Waals surface area contributed by atoms with Gasteiger partial charge in [0.15, 0.2) is 0 Å². The zero-order chi connectivity index (χ0) is 8.67. The predicted molar refractivity (Wildman–Crippen MR) is 55.4 cm³/mol. The van der Waals surface area contributed by atoms with Crippen LogP contribution < -0.4 is 0 Å². The second kappa shape index (κ2) is 3.15. The van der Waals surface area contributed by atoms with E-state index < -0.39 is 0 Å². The Hall–Kier alpha value is -0.260. The van der Waals surface area contributed by atoms with Crippen molar-refractivity contribution in [3.63, 3.8) is 0 Å². The van der Waals surface area contributed by atoms with E-state index in [9.17, 15) is 0 Å². The summed E-state index contributed by atoms with van der Waals surface area (Å²) in [4.78, 5) is 0. The van der Waals surface area contributed by atoms with Gasteiger partial charge in [0.1, 0.15) is 0 Å². The Kier molecular flexibility index (Phi) is 1.96. The molecular weight excluding hydrogens is 156 g/mol. The second-order valence-corrected chi connectivity index (χ2v) is 5.21. The van der Waals surface area contributed by atoms with Crippen LogP contribution in [-0.2, 0) is 0 Å². The average molecular weight is 176 g/mol. The maximum atomic E-state index is 2.54. The summed E-state index contributed by atoms with van der Waals surface area (Å²) in [5.41, 5.74) is 0. The quantitative estimate of drug-likeness (QED) is 0.493. The summed E-state index contributed by atoms with van der Waals surface area (Å²) in [7, 11) is 0. The molecule has 1 unspecified atom stereocenters. The monoisotopic (exact) mass is 176 g/mol. The van der Waals surface area contributed by atoms with E-state index in [4.69, 9.17) is 0 Å². The van der Waals surface area contributed by atoms with Crippen molar-refractivity contribution in [2.45, 2.75) is 44.9 Å². The molecule has 0 aromatic heterocycles. The Balaban J connectivity index is 1.77. The number of hydrogen-bond acceptors (Lipinski definition) is 0. The van der Waals surface area contributed by atoms with Gasteiger partial charge in [-0.05, 0) is 49.4 Å². The molecule has 0 N–H and O–H groups in total. The minimum atomic E-state index is 1.01. The summed E-state index contributed by atoms with van der Waals surface area (Å²) >= 11 is 0. The van der Waals surface area contributed by atoms with Crippen LogP contribution in [0.2, 0.25) is 0 Å². The zero-order valence-corrected chi connectivity index (χ0v) is 8.41. The Morgan fingerprint density at radius 2 is 1.54 bits per heavy atom. The fourth-order valence-electron chi connectivity index (χ4n) is 4.07. The standard InChI is InChI=1S/C13H20/c1-2-6-10-11(7-3-1)13-9-5-4-8-12(10)13/h4,8,10-13H,1-3,5-7,9H2/t10-,11?,12-,13+/m1/s1. The lowest BCUT2D eigenvalue weighted by molar-refractivity contribution is -0.00667. The Labute approximate surface area is 81.4 Å². The molecule has 13 heavy (non-hydrogen) atoms. The van der Waals surface area contributed by atoms with Crippen molar-refractivity contribution in [3.05, 3.63) is 12.2 Å². The highest BCUT2D eigenvalue weighted by molar-refractivity contribution is 5.10. The molecule has 0 spiro atoms. The van der Waals surface area contributed by atoms with E-state index >= 15 is 0 Å². The lowest BCUT2D eigenvalue weighted by atomic mass is 9.52. The first-order valence-electron chi connectivity index (χ1n) is 6.13. The summed E-state index contributed by atoms with van der Waals surface area (Å²) < 4.78 is 0. The van der Waals surface area contributed by atoms with E-state index in [-0.39, 0.29) is 0 Å². The molecule has 0 heterocycles. The van der Waals surface area contributed by atoms with Gasteiger partial charge in [-0.25, -0.2) is 0 Å². The Morgan fingerprint density at radius 1 is 0.769 bits per heavy atom. The van der Waals surface area contributed by atoms with Gasteiger partial charge in [0.05, 0.1) is 0 Å². The first kappa shape index (κ1) is 8.08. The van der Waals surface area contributed by atoms with E-state index in [0.29, 0.717) is 0 Å². The molecule has 2 fully saturated rings. The number of hydrogen-bond donors (Lipinski definition) is 0. The summed E-state index contributed by atoms with van der Waals surface area (Å²) in [5.74, 6) is 4.35. The number of allylic oxidation sites excluding steroid dienone is 2. The molecule has 0 aromatic carbocycles. The van der Waals surface area contributed by atoms with Crippen molar-refractivity contribution in [2.24, 2.45) is 23.7 Å². The summed E-state index contributed by atoms with van der Waals surface area (Å²) in [6.07, 6.45) is 15.5. The lowest BCUT2D eigenvalue weighted by Crippen LogP contribution is -2.46. The van der Waals surface area contributed by atoms with Gasteiger partial charge in [0.2, 0.25) is 0 Å². The summed E-state index contributed by atoms with van der Waals surface area (Å²) in [6.45, 7) is 0. The highest BCUT2D eigenvalue weighted by Crippen LogP contribution is 2.56. The molecule has 2 saturated carbocycles. The van der Waals surface area contributed by atoms with Crippen molar-refractivity contribution >= 4 is 0 Å². The maximum absolute atomic E-state index is 2.54. The van der Waals surface area contributed by atoms with Crippen molar-refractivity contribution < 1.29 is 0 Å². The van der Waals surface area contributed by atoms with E-state index in [1.807, 2.05) is 0 Å².